The van der Waals surface area contributed by atoms with Crippen molar-refractivity contribution in [2.75, 3.05) is 19.6 Å². The zero-order valence-corrected chi connectivity index (χ0v) is 15.6. The SMILES string of the molecule is C#CCNC(=NCCCc1cccc(Br)c1)NCC.I. The first-order chi connectivity index (χ1) is 9.26. The second kappa shape index (κ2) is 12.0. The van der Waals surface area contributed by atoms with Crippen LogP contribution in [0.4, 0.5) is 0 Å². The van der Waals surface area contributed by atoms with Crippen LogP contribution in [0.25, 0.3) is 0 Å². The van der Waals surface area contributed by atoms with E-state index in [1.807, 2.05) is 13.0 Å². The highest BCUT2D eigenvalue weighted by atomic mass is 127. The molecule has 1 aromatic rings. The molecule has 0 aromatic heterocycles. The van der Waals surface area contributed by atoms with E-state index in [9.17, 15) is 0 Å². The summed E-state index contributed by atoms with van der Waals surface area (Å²) in [6.07, 6.45) is 7.26. The molecular weight excluding hydrogens is 429 g/mol. The van der Waals surface area contributed by atoms with Crippen molar-refractivity contribution in [1.29, 1.82) is 0 Å². The van der Waals surface area contributed by atoms with Crippen molar-refractivity contribution in [3.8, 4) is 12.3 Å². The van der Waals surface area contributed by atoms with Gasteiger partial charge in [0.15, 0.2) is 5.96 Å². The van der Waals surface area contributed by atoms with E-state index in [-0.39, 0.29) is 24.0 Å². The molecule has 1 rings (SSSR count). The second-order valence-corrected chi connectivity index (χ2v) is 4.97. The lowest BCUT2D eigenvalue weighted by Gasteiger charge is -2.08. The van der Waals surface area contributed by atoms with E-state index < -0.39 is 0 Å². The van der Waals surface area contributed by atoms with Crippen LogP contribution in [-0.4, -0.2) is 25.6 Å². The molecule has 5 heteroatoms. The summed E-state index contributed by atoms with van der Waals surface area (Å²) in [7, 11) is 0. The fourth-order valence-corrected chi connectivity index (χ4v) is 2.09. The van der Waals surface area contributed by atoms with E-state index in [1.54, 1.807) is 0 Å². The number of nitrogens with one attached hydrogen (secondary N) is 2. The van der Waals surface area contributed by atoms with E-state index in [4.69, 9.17) is 6.42 Å². The van der Waals surface area contributed by atoms with Gasteiger partial charge in [0.1, 0.15) is 0 Å². The monoisotopic (exact) mass is 449 g/mol. The normalized spacial score (nSPS) is 10.3. The topological polar surface area (TPSA) is 36.4 Å². The minimum absolute atomic E-state index is 0. The molecule has 0 aliphatic rings. The number of hydrogen-bond acceptors (Lipinski definition) is 1. The number of terminal acetylenes is 1. The highest BCUT2D eigenvalue weighted by molar-refractivity contribution is 14.0. The molecule has 0 aliphatic carbocycles. The molecule has 110 valence electrons. The number of aryl methyl sites for hydroxylation is 1. The van der Waals surface area contributed by atoms with E-state index >= 15 is 0 Å². The van der Waals surface area contributed by atoms with Crippen LogP contribution in [0.5, 0.6) is 0 Å². The van der Waals surface area contributed by atoms with Crippen molar-refractivity contribution < 1.29 is 0 Å². The average Bonchev–Trinajstić information content (AvgIpc) is 2.41. The molecule has 1 aromatic carbocycles. The smallest absolute Gasteiger partial charge is 0.192 e. The zero-order valence-electron chi connectivity index (χ0n) is 11.7. The molecule has 0 radical (unpaired) electrons. The van der Waals surface area contributed by atoms with Crippen LogP contribution in [0.1, 0.15) is 18.9 Å². The minimum Gasteiger partial charge on any atom is -0.357 e. The third kappa shape index (κ3) is 8.43. The van der Waals surface area contributed by atoms with Crippen LogP contribution < -0.4 is 10.6 Å². The highest BCUT2D eigenvalue weighted by Gasteiger charge is 1.96. The molecule has 3 nitrogen and oxygen atoms in total. The Morgan fingerprint density at radius 3 is 2.85 bits per heavy atom. The summed E-state index contributed by atoms with van der Waals surface area (Å²) in [5.74, 6) is 3.33. The molecule has 0 heterocycles. The van der Waals surface area contributed by atoms with Crippen molar-refractivity contribution in [3.63, 3.8) is 0 Å². The Kier molecular flexibility index (Phi) is 11.6. The number of rotatable bonds is 6. The largest absolute Gasteiger partial charge is 0.357 e. The molecule has 0 saturated heterocycles. The quantitative estimate of drug-likeness (QED) is 0.230. The van der Waals surface area contributed by atoms with Gasteiger partial charge in [-0.3, -0.25) is 4.99 Å². The van der Waals surface area contributed by atoms with Crippen molar-refractivity contribution in [2.45, 2.75) is 19.8 Å². The Labute approximate surface area is 147 Å². The van der Waals surface area contributed by atoms with E-state index in [1.165, 1.54) is 5.56 Å². The molecule has 20 heavy (non-hydrogen) atoms. The molecule has 0 amide bonds. The fraction of sp³-hybridized carbons (Fsp3) is 0.400. The van der Waals surface area contributed by atoms with Gasteiger partial charge in [-0.25, -0.2) is 0 Å². The third-order valence-electron chi connectivity index (χ3n) is 2.48. The maximum atomic E-state index is 5.22. The Balaban J connectivity index is 0.00000361. The van der Waals surface area contributed by atoms with Gasteiger partial charge in [-0.2, -0.15) is 0 Å². The predicted molar refractivity (Wildman–Crippen MR) is 101 cm³/mol. The van der Waals surface area contributed by atoms with Crippen LogP contribution in [0.15, 0.2) is 33.7 Å². The lowest BCUT2D eigenvalue weighted by molar-refractivity contribution is 0.803. The summed E-state index contributed by atoms with van der Waals surface area (Å²) < 4.78 is 1.12. The standard InChI is InChI=1S/C15H20BrN3.HI/c1-3-10-18-15(17-4-2)19-11-6-8-13-7-5-9-14(16)12-13;/h1,5,7,9,12H,4,6,8,10-11H2,2H3,(H2,17,18,19);1H. The first-order valence-electron chi connectivity index (χ1n) is 6.46. The van der Waals surface area contributed by atoms with Gasteiger partial charge < -0.3 is 10.6 Å². The summed E-state index contributed by atoms with van der Waals surface area (Å²) in [5, 5.41) is 6.23. The molecule has 0 spiro atoms. The van der Waals surface area contributed by atoms with Crippen LogP contribution in [0, 0.1) is 12.3 Å². The van der Waals surface area contributed by atoms with Crippen LogP contribution in [-0.2, 0) is 6.42 Å². The van der Waals surface area contributed by atoms with E-state index in [0.717, 1.165) is 36.4 Å². The number of benzene rings is 1. The lowest BCUT2D eigenvalue weighted by atomic mass is 10.1. The van der Waals surface area contributed by atoms with Crippen molar-refractivity contribution >= 4 is 45.9 Å². The van der Waals surface area contributed by atoms with Gasteiger partial charge in [-0.05, 0) is 37.5 Å². The van der Waals surface area contributed by atoms with Crippen molar-refractivity contribution in [1.82, 2.24) is 10.6 Å². The first-order valence-corrected chi connectivity index (χ1v) is 7.25. The van der Waals surface area contributed by atoms with E-state index in [2.05, 4.69) is 55.7 Å². The number of halogens is 2. The Morgan fingerprint density at radius 2 is 2.20 bits per heavy atom. The third-order valence-corrected chi connectivity index (χ3v) is 2.98. The van der Waals surface area contributed by atoms with Gasteiger partial charge in [0, 0.05) is 17.6 Å². The molecule has 0 atom stereocenters. The van der Waals surface area contributed by atoms with Gasteiger partial charge in [-0.15, -0.1) is 30.4 Å². The second-order valence-electron chi connectivity index (χ2n) is 4.05. The molecule has 0 bridgehead atoms. The van der Waals surface area contributed by atoms with Gasteiger partial charge in [0.05, 0.1) is 6.54 Å². The van der Waals surface area contributed by atoms with Gasteiger partial charge in [0.25, 0.3) is 0 Å². The zero-order chi connectivity index (χ0) is 13.9. The molecule has 0 fully saturated rings. The molecule has 0 unspecified atom stereocenters. The fourth-order valence-electron chi connectivity index (χ4n) is 1.64. The van der Waals surface area contributed by atoms with Gasteiger partial charge >= 0.3 is 0 Å². The summed E-state index contributed by atoms with van der Waals surface area (Å²) in [6, 6.07) is 8.37. The Morgan fingerprint density at radius 1 is 1.40 bits per heavy atom. The highest BCUT2D eigenvalue weighted by Crippen LogP contribution is 2.12. The first kappa shape index (κ1) is 19.3. The number of nitrogens with zero attached hydrogens (tertiary/aromatic N) is 1. The van der Waals surface area contributed by atoms with Gasteiger partial charge in [0.2, 0.25) is 0 Å². The average molecular weight is 450 g/mol. The van der Waals surface area contributed by atoms with Crippen molar-refractivity contribution in [2.24, 2.45) is 4.99 Å². The van der Waals surface area contributed by atoms with Crippen LogP contribution in [0.3, 0.4) is 0 Å². The maximum Gasteiger partial charge on any atom is 0.192 e. The molecule has 0 saturated carbocycles. The summed E-state index contributed by atoms with van der Waals surface area (Å²) in [4.78, 5) is 4.48. The number of aliphatic imine (C=N–C) groups is 1. The van der Waals surface area contributed by atoms with Crippen LogP contribution >= 0.6 is 39.9 Å². The lowest BCUT2D eigenvalue weighted by Crippen LogP contribution is -2.37. The minimum atomic E-state index is 0. The maximum absolute atomic E-state index is 5.22. The Hall–Kier alpha value is -0.740. The van der Waals surface area contributed by atoms with Gasteiger partial charge in [-0.1, -0.05) is 34.0 Å². The van der Waals surface area contributed by atoms with E-state index in [0.29, 0.717) is 6.54 Å². The van der Waals surface area contributed by atoms with Crippen molar-refractivity contribution in [3.05, 3.63) is 34.3 Å². The Bertz CT molecular complexity index is 455. The van der Waals surface area contributed by atoms with Crippen LogP contribution in [0.2, 0.25) is 0 Å². The molecule has 2 N–H and O–H groups in total. The summed E-state index contributed by atoms with van der Waals surface area (Å²) in [5.41, 5.74) is 1.33. The number of guanidine groups is 1. The molecular formula is C15H21BrIN3. The predicted octanol–water partition coefficient (Wildman–Crippen LogP) is 3.19. The number of hydrogen-bond donors (Lipinski definition) is 2. The molecule has 0 aliphatic heterocycles. The summed E-state index contributed by atoms with van der Waals surface area (Å²) >= 11 is 3.48. The summed E-state index contributed by atoms with van der Waals surface area (Å²) in [6.45, 7) is 4.15.